The van der Waals surface area contributed by atoms with Crippen LogP contribution >= 0.6 is 0 Å². The van der Waals surface area contributed by atoms with E-state index in [4.69, 9.17) is 11.3 Å². The van der Waals surface area contributed by atoms with Crippen LogP contribution in [0.25, 0.3) is 16.0 Å². The molecule has 0 atom stereocenters. The third kappa shape index (κ3) is 3.46. The SMILES string of the molecule is [C-]#[N+]c1ccc(-c2c(C)[nH]c(C(=O)OCc3ccccc3)c2C)cc1. The molecule has 3 rings (SSSR count). The number of rotatable bonds is 4. The highest BCUT2D eigenvalue weighted by Crippen LogP contribution is 2.31. The van der Waals surface area contributed by atoms with Gasteiger partial charge in [0.05, 0.1) is 6.57 Å². The van der Waals surface area contributed by atoms with Gasteiger partial charge in [-0.25, -0.2) is 9.64 Å². The lowest BCUT2D eigenvalue weighted by Crippen LogP contribution is -2.07. The van der Waals surface area contributed by atoms with Crippen molar-refractivity contribution < 1.29 is 9.53 Å². The fourth-order valence-corrected chi connectivity index (χ4v) is 2.89. The molecule has 1 heterocycles. The number of aromatic amines is 1. The molecule has 3 aromatic rings. The van der Waals surface area contributed by atoms with E-state index in [1.807, 2.05) is 56.3 Å². The fraction of sp³-hybridized carbons (Fsp3) is 0.143. The lowest BCUT2D eigenvalue weighted by molar-refractivity contribution is 0.0465. The zero-order valence-electron chi connectivity index (χ0n) is 14.2. The standard InChI is InChI=1S/C21H18N2O2/c1-14-19(17-9-11-18(22-3)12-10-17)15(2)23-20(14)21(24)25-13-16-7-5-4-6-8-16/h4-12,23H,13H2,1-2H3. The monoisotopic (exact) mass is 330 g/mol. The molecule has 0 aliphatic heterocycles. The quantitative estimate of drug-likeness (QED) is 0.527. The van der Waals surface area contributed by atoms with E-state index < -0.39 is 0 Å². The van der Waals surface area contributed by atoms with Gasteiger partial charge in [-0.2, -0.15) is 0 Å². The van der Waals surface area contributed by atoms with Crippen molar-refractivity contribution in [2.24, 2.45) is 0 Å². The lowest BCUT2D eigenvalue weighted by atomic mass is 10.0. The van der Waals surface area contributed by atoms with E-state index in [-0.39, 0.29) is 12.6 Å². The van der Waals surface area contributed by atoms with Crippen molar-refractivity contribution in [3.63, 3.8) is 0 Å². The van der Waals surface area contributed by atoms with Gasteiger partial charge in [0.2, 0.25) is 0 Å². The van der Waals surface area contributed by atoms with E-state index in [2.05, 4.69) is 9.83 Å². The van der Waals surface area contributed by atoms with E-state index in [0.29, 0.717) is 11.4 Å². The number of nitrogens with zero attached hydrogens (tertiary/aromatic N) is 1. The molecular weight excluding hydrogens is 312 g/mol. The van der Waals surface area contributed by atoms with E-state index in [0.717, 1.165) is 27.9 Å². The molecular formula is C21H18N2O2. The molecule has 0 saturated heterocycles. The van der Waals surface area contributed by atoms with Crippen molar-refractivity contribution in [2.75, 3.05) is 0 Å². The number of nitrogens with one attached hydrogen (secondary N) is 1. The molecule has 0 radical (unpaired) electrons. The van der Waals surface area contributed by atoms with Crippen molar-refractivity contribution in [3.05, 3.63) is 88.5 Å². The molecule has 124 valence electrons. The van der Waals surface area contributed by atoms with Gasteiger partial charge in [-0.1, -0.05) is 54.6 Å². The minimum atomic E-state index is -0.367. The molecule has 25 heavy (non-hydrogen) atoms. The highest BCUT2D eigenvalue weighted by atomic mass is 16.5. The maximum absolute atomic E-state index is 12.4. The van der Waals surface area contributed by atoms with Crippen molar-refractivity contribution in [1.29, 1.82) is 0 Å². The second kappa shape index (κ2) is 7.06. The van der Waals surface area contributed by atoms with Crippen LogP contribution in [0.5, 0.6) is 0 Å². The van der Waals surface area contributed by atoms with Crippen LogP contribution in [0.2, 0.25) is 0 Å². The summed E-state index contributed by atoms with van der Waals surface area (Å²) in [5.74, 6) is -0.367. The first-order chi connectivity index (χ1) is 12.1. The molecule has 4 nitrogen and oxygen atoms in total. The summed E-state index contributed by atoms with van der Waals surface area (Å²) in [7, 11) is 0. The molecule has 0 amide bonds. The van der Waals surface area contributed by atoms with Gasteiger partial charge in [0.15, 0.2) is 5.69 Å². The summed E-state index contributed by atoms with van der Waals surface area (Å²) in [5.41, 5.74) is 5.72. The maximum atomic E-state index is 12.4. The van der Waals surface area contributed by atoms with Crippen molar-refractivity contribution >= 4 is 11.7 Å². The Hall–Kier alpha value is -3.32. The molecule has 2 aromatic carbocycles. The Labute approximate surface area is 146 Å². The Morgan fingerprint density at radius 3 is 2.40 bits per heavy atom. The summed E-state index contributed by atoms with van der Waals surface area (Å²) < 4.78 is 5.43. The van der Waals surface area contributed by atoms with Crippen LogP contribution in [0.15, 0.2) is 54.6 Å². The number of hydrogen-bond acceptors (Lipinski definition) is 2. The van der Waals surface area contributed by atoms with Gasteiger partial charge in [-0.3, -0.25) is 0 Å². The molecule has 0 aliphatic rings. The Morgan fingerprint density at radius 2 is 1.76 bits per heavy atom. The van der Waals surface area contributed by atoms with E-state index >= 15 is 0 Å². The number of ether oxygens (including phenoxy) is 1. The second-order valence-electron chi connectivity index (χ2n) is 5.85. The summed E-state index contributed by atoms with van der Waals surface area (Å²) >= 11 is 0. The third-order valence-corrected chi connectivity index (χ3v) is 4.14. The number of carbonyl (C=O) groups is 1. The van der Waals surface area contributed by atoms with Gasteiger partial charge >= 0.3 is 5.97 Å². The molecule has 4 heteroatoms. The predicted octanol–water partition coefficient (Wildman–Crippen LogP) is 5.21. The molecule has 1 aromatic heterocycles. The summed E-state index contributed by atoms with van der Waals surface area (Å²) in [4.78, 5) is 19.0. The molecule has 0 bridgehead atoms. The Kier molecular flexibility index (Phi) is 4.67. The number of esters is 1. The average Bonchev–Trinajstić information content (AvgIpc) is 2.95. The van der Waals surface area contributed by atoms with Crippen molar-refractivity contribution in [1.82, 2.24) is 4.98 Å². The maximum Gasteiger partial charge on any atom is 0.355 e. The van der Waals surface area contributed by atoms with Crippen LogP contribution in [0.1, 0.15) is 27.3 Å². The van der Waals surface area contributed by atoms with Gasteiger partial charge in [-0.15, -0.1) is 0 Å². The summed E-state index contributed by atoms with van der Waals surface area (Å²) in [6.45, 7) is 11.1. The molecule has 0 unspecified atom stereocenters. The topological polar surface area (TPSA) is 46.5 Å². The van der Waals surface area contributed by atoms with Crippen LogP contribution in [0.3, 0.4) is 0 Å². The zero-order chi connectivity index (χ0) is 17.8. The Balaban J connectivity index is 1.83. The van der Waals surface area contributed by atoms with Crippen LogP contribution in [0.4, 0.5) is 5.69 Å². The van der Waals surface area contributed by atoms with Gasteiger partial charge in [0, 0.05) is 11.3 Å². The summed E-state index contributed by atoms with van der Waals surface area (Å²) in [6.07, 6.45) is 0. The minimum absolute atomic E-state index is 0.242. The van der Waals surface area contributed by atoms with Gasteiger partial charge in [0.25, 0.3) is 0 Å². The summed E-state index contributed by atoms with van der Waals surface area (Å²) in [5, 5.41) is 0. The largest absolute Gasteiger partial charge is 0.456 e. The average molecular weight is 330 g/mol. The van der Waals surface area contributed by atoms with Crippen LogP contribution < -0.4 is 0 Å². The molecule has 0 spiro atoms. The Bertz CT molecular complexity index is 933. The first-order valence-electron chi connectivity index (χ1n) is 7.98. The van der Waals surface area contributed by atoms with Gasteiger partial charge < -0.3 is 9.72 Å². The number of hydrogen-bond donors (Lipinski definition) is 1. The fourth-order valence-electron chi connectivity index (χ4n) is 2.89. The highest BCUT2D eigenvalue weighted by molar-refractivity contribution is 5.92. The van der Waals surface area contributed by atoms with Crippen LogP contribution in [-0.4, -0.2) is 11.0 Å². The normalized spacial score (nSPS) is 10.3. The molecule has 0 aliphatic carbocycles. The van der Waals surface area contributed by atoms with Gasteiger partial charge in [0.1, 0.15) is 12.3 Å². The van der Waals surface area contributed by atoms with Crippen molar-refractivity contribution in [2.45, 2.75) is 20.5 Å². The second-order valence-corrected chi connectivity index (χ2v) is 5.85. The number of aryl methyl sites for hydroxylation is 1. The smallest absolute Gasteiger partial charge is 0.355 e. The highest BCUT2D eigenvalue weighted by Gasteiger charge is 2.19. The lowest BCUT2D eigenvalue weighted by Gasteiger charge is -2.05. The zero-order valence-corrected chi connectivity index (χ0v) is 14.2. The van der Waals surface area contributed by atoms with Crippen molar-refractivity contribution in [3.8, 4) is 11.1 Å². The molecule has 0 fully saturated rings. The van der Waals surface area contributed by atoms with E-state index in [1.165, 1.54) is 0 Å². The molecule has 0 saturated carbocycles. The Morgan fingerprint density at radius 1 is 1.08 bits per heavy atom. The number of carbonyl (C=O) groups excluding carboxylic acids is 1. The minimum Gasteiger partial charge on any atom is -0.456 e. The predicted molar refractivity (Wildman–Crippen MR) is 97.5 cm³/mol. The van der Waals surface area contributed by atoms with Crippen LogP contribution in [0, 0.1) is 20.4 Å². The van der Waals surface area contributed by atoms with Gasteiger partial charge in [-0.05, 0) is 30.5 Å². The number of benzene rings is 2. The van der Waals surface area contributed by atoms with E-state index in [9.17, 15) is 4.79 Å². The molecule has 1 N–H and O–H groups in total. The summed E-state index contributed by atoms with van der Waals surface area (Å²) in [6, 6.07) is 17.0. The first-order valence-corrected chi connectivity index (χ1v) is 7.98. The van der Waals surface area contributed by atoms with Crippen LogP contribution in [-0.2, 0) is 11.3 Å². The third-order valence-electron chi connectivity index (χ3n) is 4.14. The number of aromatic nitrogens is 1. The number of H-pyrrole nitrogens is 1. The van der Waals surface area contributed by atoms with E-state index in [1.54, 1.807) is 12.1 Å². The first kappa shape index (κ1) is 16.5.